The lowest BCUT2D eigenvalue weighted by molar-refractivity contribution is -0.163. The molecule has 0 spiro atoms. The fourth-order valence-corrected chi connectivity index (χ4v) is 7.18. The third-order valence-corrected chi connectivity index (χ3v) is 10.2. The first-order valence-electron chi connectivity index (χ1n) is 16.2. The van der Waals surface area contributed by atoms with Gasteiger partial charge in [0, 0.05) is 48.2 Å². The van der Waals surface area contributed by atoms with Crippen LogP contribution in [0.3, 0.4) is 0 Å². The molecule has 278 valence electrons. The second-order valence-electron chi connectivity index (χ2n) is 13.4. The maximum Gasteiger partial charge on any atom is 0.401 e. The molecule has 11 nitrogen and oxygen atoms in total. The molecule has 1 unspecified atom stereocenters. The fourth-order valence-electron chi connectivity index (χ4n) is 6.62. The third-order valence-electron chi connectivity index (χ3n) is 9.26. The first kappa shape index (κ1) is 36.9. The Morgan fingerprint density at radius 1 is 1.10 bits per heavy atom. The summed E-state index contributed by atoms with van der Waals surface area (Å²) >= 11 is 0. The molecule has 0 saturated carbocycles. The molecule has 4 heterocycles. The van der Waals surface area contributed by atoms with Crippen molar-refractivity contribution >= 4 is 32.4 Å². The van der Waals surface area contributed by atoms with E-state index in [-0.39, 0.29) is 29.8 Å². The van der Waals surface area contributed by atoms with Gasteiger partial charge in [0.1, 0.15) is 29.2 Å². The van der Waals surface area contributed by atoms with Gasteiger partial charge < -0.3 is 10.5 Å². The Morgan fingerprint density at radius 3 is 2.46 bits per heavy atom. The van der Waals surface area contributed by atoms with Crippen molar-refractivity contribution in [3.05, 3.63) is 72.4 Å². The number of ether oxygens (including phenoxy) is 1. The monoisotopic (exact) mass is 750 g/mol. The summed E-state index contributed by atoms with van der Waals surface area (Å²) in [4.78, 5) is 5.86. The van der Waals surface area contributed by atoms with Crippen molar-refractivity contribution in [2.45, 2.75) is 63.2 Å². The predicted octanol–water partition coefficient (Wildman–Crippen LogP) is 7.30. The van der Waals surface area contributed by atoms with Crippen molar-refractivity contribution < 1.29 is 39.5 Å². The van der Waals surface area contributed by atoms with Gasteiger partial charge in [0.15, 0.2) is 0 Å². The number of benzene rings is 2. The van der Waals surface area contributed by atoms with Crippen LogP contribution in [0.2, 0.25) is 0 Å². The van der Waals surface area contributed by atoms with Crippen LogP contribution in [0.1, 0.15) is 51.3 Å². The summed E-state index contributed by atoms with van der Waals surface area (Å²) in [5.41, 5.74) is 8.55. The number of alkyl halides is 5. The summed E-state index contributed by atoms with van der Waals surface area (Å²) in [6.07, 6.45) is 0.879. The molecule has 3 N–H and O–H groups in total. The molecule has 0 radical (unpaired) electrons. The van der Waals surface area contributed by atoms with Gasteiger partial charge in [0.2, 0.25) is 0 Å². The lowest BCUT2D eigenvalue weighted by atomic mass is 9.87. The average molecular weight is 751 g/mol. The van der Waals surface area contributed by atoms with Crippen molar-refractivity contribution in [3.8, 4) is 28.1 Å². The molecule has 0 bridgehead atoms. The van der Waals surface area contributed by atoms with Gasteiger partial charge in [0.05, 0.1) is 35.4 Å². The Labute approximate surface area is 295 Å². The minimum Gasteiger partial charge on any atom is -0.484 e. The van der Waals surface area contributed by atoms with Crippen molar-refractivity contribution in [1.29, 1.82) is 0 Å². The van der Waals surface area contributed by atoms with E-state index in [1.54, 1.807) is 49.6 Å². The molecule has 6 rings (SSSR count). The predicted molar refractivity (Wildman–Crippen MR) is 184 cm³/mol. The molecular formula is C34H36F6N8O3S. The fraction of sp³-hybridized carbons (Fsp3) is 0.382. The van der Waals surface area contributed by atoms with E-state index in [0.29, 0.717) is 51.7 Å². The van der Waals surface area contributed by atoms with Crippen LogP contribution in [0, 0.1) is 5.82 Å². The number of nitrogens with zero attached hydrogens (tertiary/aromatic N) is 6. The highest BCUT2D eigenvalue weighted by Gasteiger charge is 2.41. The van der Waals surface area contributed by atoms with Crippen LogP contribution < -0.4 is 15.2 Å². The smallest absolute Gasteiger partial charge is 0.401 e. The molecule has 3 aromatic heterocycles. The summed E-state index contributed by atoms with van der Waals surface area (Å²) in [5, 5.41) is 9.70. The number of aromatic nitrogens is 5. The van der Waals surface area contributed by atoms with Gasteiger partial charge in [-0.15, -0.1) is 0 Å². The van der Waals surface area contributed by atoms with E-state index in [0.717, 1.165) is 0 Å². The second kappa shape index (κ2) is 13.6. The van der Waals surface area contributed by atoms with E-state index in [9.17, 15) is 34.8 Å². The van der Waals surface area contributed by atoms with Gasteiger partial charge >= 0.3 is 11.9 Å². The van der Waals surface area contributed by atoms with Crippen LogP contribution in [0.5, 0.6) is 5.75 Å². The SMILES string of the molecule is C[C@H](Oc1cc(-c2nn(C)c3c(-c4cnn(C5CCN(CC(F)(F)F)C(C)(C)C5)c4)cnc(N)c23)ccc1NS(=O)(=O)C(F)F)c1ccc(F)cc1. The van der Waals surface area contributed by atoms with Crippen molar-refractivity contribution in [1.82, 2.24) is 29.4 Å². The van der Waals surface area contributed by atoms with Crippen LogP contribution >= 0.6 is 0 Å². The van der Waals surface area contributed by atoms with Gasteiger partial charge in [-0.25, -0.2) is 17.8 Å². The lowest BCUT2D eigenvalue weighted by Gasteiger charge is -2.45. The van der Waals surface area contributed by atoms with Crippen molar-refractivity contribution in [3.63, 3.8) is 0 Å². The quantitative estimate of drug-likeness (QED) is 0.142. The molecule has 2 aromatic carbocycles. The maximum atomic E-state index is 13.6. The van der Waals surface area contributed by atoms with E-state index >= 15 is 0 Å². The van der Waals surface area contributed by atoms with E-state index < -0.39 is 46.0 Å². The van der Waals surface area contributed by atoms with Gasteiger partial charge in [0.25, 0.3) is 10.0 Å². The highest BCUT2D eigenvalue weighted by atomic mass is 32.2. The summed E-state index contributed by atoms with van der Waals surface area (Å²) in [7, 11) is -3.38. The number of nitrogens with two attached hydrogens (primary N) is 1. The average Bonchev–Trinajstić information content (AvgIpc) is 3.68. The molecule has 0 aliphatic carbocycles. The number of anilines is 2. The number of nitrogens with one attached hydrogen (secondary N) is 1. The molecular weight excluding hydrogens is 714 g/mol. The number of fused-ring (bicyclic) bond motifs is 1. The number of likely N-dealkylation sites (tertiary alicyclic amines) is 1. The number of aryl methyl sites for hydroxylation is 1. The highest BCUT2D eigenvalue weighted by Crippen LogP contribution is 2.41. The van der Waals surface area contributed by atoms with Crippen molar-refractivity contribution in [2.24, 2.45) is 7.05 Å². The standard InChI is InChI=1S/C34H36F6N8O3S/c1-19(20-5-8-23(35)9-6-20)51-27-13-21(7-10-26(27)45-52(49,50)32(36)37)29-28-30(46(4)44-29)25(16-42-31(28)41)22-15-43-48(17-22)24-11-12-47(18-34(38,39)40)33(2,3)14-24/h5-10,13,15-17,19,24,32,45H,11-12,14,18H2,1-4H3,(H2,41,42)/t19-,24?/m0/s1. The Morgan fingerprint density at radius 2 is 1.81 bits per heavy atom. The first-order valence-corrected chi connectivity index (χ1v) is 17.7. The number of piperidine rings is 1. The number of rotatable bonds is 10. The zero-order chi connectivity index (χ0) is 37.7. The van der Waals surface area contributed by atoms with Crippen molar-refractivity contribution in [2.75, 3.05) is 23.5 Å². The highest BCUT2D eigenvalue weighted by molar-refractivity contribution is 7.93. The van der Waals surface area contributed by atoms with E-state index in [1.165, 1.54) is 47.4 Å². The zero-order valence-electron chi connectivity index (χ0n) is 28.5. The minimum absolute atomic E-state index is 0.106. The summed E-state index contributed by atoms with van der Waals surface area (Å²) < 4.78 is 115. The normalized spacial score (nSPS) is 17.5. The molecule has 0 amide bonds. The van der Waals surface area contributed by atoms with Gasteiger partial charge in [-0.2, -0.15) is 32.1 Å². The molecule has 1 saturated heterocycles. The largest absolute Gasteiger partial charge is 0.484 e. The molecule has 1 aliphatic rings. The number of pyridine rings is 1. The summed E-state index contributed by atoms with van der Waals surface area (Å²) in [6.45, 7) is 4.48. The van der Waals surface area contributed by atoms with Crippen LogP contribution in [-0.2, 0) is 17.1 Å². The number of halogens is 6. The number of sulfonamides is 1. The van der Waals surface area contributed by atoms with Crippen LogP contribution in [-0.4, -0.2) is 68.4 Å². The van der Waals surface area contributed by atoms with Crippen LogP contribution in [0.15, 0.2) is 61.1 Å². The topological polar surface area (TPSA) is 133 Å². The number of hydrogen-bond donors (Lipinski definition) is 2. The van der Waals surface area contributed by atoms with E-state index in [4.69, 9.17) is 15.6 Å². The van der Waals surface area contributed by atoms with E-state index in [1.807, 2.05) is 10.9 Å². The number of hydrogen-bond acceptors (Lipinski definition) is 8. The Hall–Kier alpha value is -4.84. The molecule has 5 aromatic rings. The first-order chi connectivity index (χ1) is 24.3. The van der Waals surface area contributed by atoms with E-state index in [2.05, 4.69) is 10.1 Å². The van der Waals surface area contributed by atoms with Gasteiger partial charge in [-0.1, -0.05) is 18.2 Å². The molecule has 18 heteroatoms. The molecule has 52 heavy (non-hydrogen) atoms. The zero-order valence-corrected chi connectivity index (χ0v) is 29.3. The maximum absolute atomic E-state index is 13.6. The molecule has 1 aliphatic heterocycles. The summed E-state index contributed by atoms with van der Waals surface area (Å²) in [5.74, 6) is -4.17. The molecule has 1 fully saturated rings. The molecule has 2 atom stereocenters. The Bertz CT molecular complexity index is 2200. The summed E-state index contributed by atoms with van der Waals surface area (Å²) in [6, 6.07) is 9.43. The van der Waals surface area contributed by atoms with Crippen LogP contribution in [0.4, 0.5) is 37.8 Å². The van der Waals surface area contributed by atoms with Crippen LogP contribution in [0.25, 0.3) is 33.3 Å². The number of nitrogen functional groups attached to an aromatic ring is 1. The second-order valence-corrected chi connectivity index (χ2v) is 15.0. The van der Waals surface area contributed by atoms with Gasteiger partial charge in [-0.05, 0) is 63.4 Å². The lowest BCUT2D eigenvalue weighted by Crippen LogP contribution is -2.53. The Balaban J connectivity index is 1.36. The third kappa shape index (κ3) is 7.53. The minimum atomic E-state index is -5.07. The Kier molecular flexibility index (Phi) is 9.67. The van der Waals surface area contributed by atoms with Gasteiger partial charge in [-0.3, -0.25) is 19.0 Å².